The first-order valence-corrected chi connectivity index (χ1v) is 7.61. The number of hydrogen-bond acceptors (Lipinski definition) is 2. The van der Waals surface area contributed by atoms with E-state index < -0.39 is 11.2 Å². The first kappa shape index (κ1) is 14.0. The van der Waals surface area contributed by atoms with Crippen molar-refractivity contribution in [2.75, 3.05) is 12.9 Å². The lowest BCUT2D eigenvalue weighted by atomic mass is 10.1. The molecule has 0 aliphatic rings. The van der Waals surface area contributed by atoms with Crippen molar-refractivity contribution < 1.29 is 9.29 Å². The zero-order valence-corrected chi connectivity index (χ0v) is 12.0. The topological polar surface area (TPSA) is 32.3 Å². The molecule has 0 bridgehead atoms. The quantitative estimate of drug-likeness (QED) is 0.778. The molecule has 2 aromatic rings. The largest absolute Gasteiger partial charge is 0.611 e. The molecule has 1 radical (unpaired) electrons. The van der Waals surface area contributed by atoms with Gasteiger partial charge in [-0.1, -0.05) is 31.2 Å². The van der Waals surface area contributed by atoms with Crippen LogP contribution in [0.3, 0.4) is 0 Å². The maximum Gasteiger partial charge on any atom is 0.161 e. The molecule has 0 aliphatic heterocycles. The molecular weight excluding hydrogens is 256 g/mol. The summed E-state index contributed by atoms with van der Waals surface area (Å²) >= 11 is -0.954. The summed E-state index contributed by atoms with van der Waals surface area (Å²) in [6, 6.07) is 16.8. The van der Waals surface area contributed by atoms with Crippen molar-refractivity contribution in [2.45, 2.75) is 18.2 Å². The van der Waals surface area contributed by atoms with Crippen LogP contribution in [0.1, 0.15) is 13.3 Å². The van der Waals surface area contributed by atoms with Gasteiger partial charge in [0.25, 0.3) is 0 Å². The van der Waals surface area contributed by atoms with Crippen LogP contribution in [0.15, 0.2) is 47.4 Å². The first-order valence-electron chi connectivity index (χ1n) is 6.29. The molecule has 0 N–H and O–H groups in total. The fraction of sp³-hybridized carbons (Fsp3) is 0.250. The monoisotopic (exact) mass is 273 g/mol. The third kappa shape index (κ3) is 3.52. The Balaban J connectivity index is 2.26. The van der Waals surface area contributed by atoms with Crippen molar-refractivity contribution >= 4 is 11.2 Å². The highest BCUT2D eigenvalue weighted by Crippen LogP contribution is 2.24. The highest BCUT2D eigenvalue weighted by Gasteiger charge is 2.11. The fourth-order valence-corrected chi connectivity index (χ4v) is 2.86. The minimum atomic E-state index is -0.954. The van der Waals surface area contributed by atoms with Crippen LogP contribution in [0.4, 0.5) is 0 Å². The zero-order valence-electron chi connectivity index (χ0n) is 11.2. The molecular formula is C16H17O2S. The summed E-state index contributed by atoms with van der Waals surface area (Å²) in [5, 5.41) is 0. The van der Waals surface area contributed by atoms with Crippen LogP contribution in [0.5, 0.6) is 5.75 Å². The molecule has 19 heavy (non-hydrogen) atoms. The second-order valence-corrected chi connectivity index (χ2v) is 5.75. The summed E-state index contributed by atoms with van der Waals surface area (Å²) < 4.78 is 17.1. The van der Waals surface area contributed by atoms with Gasteiger partial charge in [-0.15, -0.1) is 0 Å². The standard InChI is InChI=1S/C16H17O2S/c1-3-11-19(17)16-6-4-5-14(12-16)13-7-9-15(18-2)10-8-13/h4-10H,3,11H2,1-2H3. The van der Waals surface area contributed by atoms with Gasteiger partial charge in [-0.25, -0.2) is 0 Å². The lowest BCUT2D eigenvalue weighted by Crippen LogP contribution is -2.06. The van der Waals surface area contributed by atoms with Gasteiger partial charge in [0, 0.05) is 0 Å². The average Bonchev–Trinajstić information content (AvgIpc) is 2.48. The normalized spacial score (nSPS) is 12.2. The molecule has 0 aliphatic carbocycles. The van der Waals surface area contributed by atoms with Crippen LogP contribution in [0.2, 0.25) is 0 Å². The van der Waals surface area contributed by atoms with Gasteiger partial charge in [0.1, 0.15) is 11.5 Å². The van der Waals surface area contributed by atoms with Gasteiger partial charge >= 0.3 is 0 Å². The molecule has 99 valence electrons. The molecule has 0 heterocycles. The highest BCUT2D eigenvalue weighted by atomic mass is 32.2. The molecule has 0 spiro atoms. The number of hydrogen-bond donors (Lipinski definition) is 0. The zero-order chi connectivity index (χ0) is 13.7. The summed E-state index contributed by atoms with van der Waals surface area (Å²) in [6.07, 6.45) is 0.910. The van der Waals surface area contributed by atoms with E-state index in [0.29, 0.717) is 5.75 Å². The molecule has 2 rings (SSSR count). The molecule has 1 atom stereocenters. The van der Waals surface area contributed by atoms with Crippen molar-refractivity contribution in [3.8, 4) is 16.9 Å². The van der Waals surface area contributed by atoms with E-state index in [1.54, 1.807) is 7.11 Å². The van der Waals surface area contributed by atoms with Crippen LogP contribution in [-0.2, 0) is 11.2 Å². The second-order valence-electron chi connectivity index (χ2n) is 4.21. The Labute approximate surface area is 117 Å². The average molecular weight is 273 g/mol. The van der Waals surface area contributed by atoms with E-state index in [-0.39, 0.29) is 0 Å². The van der Waals surface area contributed by atoms with E-state index in [1.165, 1.54) is 0 Å². The molecule has 0 saturated carbocycles. The van der Waals surface area contributed by atoms with Crippen molar-refractivity contribution in [1.82, 2.24) is 0 Å². The van der Waals surface area contributed by atoms with E-state index in [2.05, 4.69) is 6.07 Å². The van der Waals surface area contributed by atoms with Gasteiger partial charge in [-0.3, -0.25) is 0 Å². The maximum absolute atomic E-state index is 12.0. The molecule has 0 amide bonds. The van der Waals surface area contributed by atoms with Gasteiger partial charge in [0.2, 0.25) is 0 Å². The number of methoxy groups -OCH3 is 1. The Morgan fingerprint density at radius 2 is 1.89 bits per heavy atom. The van der Waals surface area contributed by atoms with Gasteiger partial charge in [0.05, 0.1) is 13.2 Å². The van der Waals surface area contributed by atoms with E-state index in [1.807, 2.05) is 49.4 Å². The molecule has 3 heteroatoms. The Kier molecular flexibility index (Phi) is 4.88. The van der Waals surface area contributed by atoms with Crippen LogP contribution in [0, 0.1) is 6.07 Å². The maximum atomic E-state index is 12.0. The summed E-state index contributed by atoms with van der Waals surface area (Å²) in [5.41, 5.74) is 2.01. The van der Waals surface area contributed by atoms with Gasteiger partial charge < -0.3 is 9.29 Å². The Morgan fingerprint density at radius 3 is 2.53 bits per heavy atom. The van der Waals surface area contributed by atoms with Gasteiger partial charge in [-0.05, 0) is 46.9 Å². The van der Waals surface area contributed by atoms with Gasteiger partial charge in [-0.2, -0.15) is 0 Å². The molecule has 1 unspecified atom stereocenters. The van der Waals surface area contributed by atoms with Gasteiger partial charge in [0.15, 0.2) is 4.90 Å². The Hall–Kier alpha value is -1.45. The van der Waals surface area contributed by atoms with Crippen LogP contribution in [-0.4, -0.2) is 17.4 Å². The predicted octanol–water partition coefficient (Wildman–Crippen LogP) is 3.68. The third-order valence-electron chi connectivity index (χ3n) is 2.80. The van der Waals surface area contributed by atoms with Crippen LogP contribution < -0.4 is 4.74 Å². The van der Waals surface area contributed by atoms with Crippen molar-refractivity contribution in [2.24, 2.45) is 0 Å². The molecule has 0 saturated heterocycles. The lowest BCUT2D eigenvalue weighted by molar-refractivity contribution is 0.415. The van der Waals surface area contributed by atoms with E-state index in [4.69, 9.17) is 4.74 Å². The van der Waals surface area contributed by atoms with Crippen LogP contribution >= 0.6 is 0 Å². The SMILES string of the molecule is CCC[S+]([O-])c1[c]c(-c2ccc(OC)cc2)ccc1. The first-order chi connectivity index (χ1) is 9.24. The minimum absolute atomic E-state index is 0.683. The summed E-state index contributed by atoms with van der Waals surface area (Å²) in [5.74, 6) is 1.51. The summed E-state index contributed by atoms with van der Waals surface area (Å²) in [6.45, 7) is 2.03. The van der Waals surface area contributed by atoms with Crippen LogP contribution in [0.25, 0.3) is 11.1 Å². The number of ether oxygens (including phenoxy) is 1. The Bertz CT molecular complexity index is 523. The predicted molar refractivity (Wildman–Crippen MR) is 78.8 cm³/mol. The second kappa shape index (κ2) is 6.64. The summed E-state index contributed by atoms with van der Waals surface area (Å²) in [4.78, 5) is 0.773. The van der Waals surface area contributed by atoms with Crippen molar-refractivity contribution in [1.29, 1.82) is 0 Å². The molecule has 0 fully saturated rings. The highest BCUT2D eigenvalue weighted by molar-refractivity contribution is 7.91. The smallest absolute Gasteiger partial charge is 0.161 e. The molecule has 2 aromatic carbocycles. The van der Waals surface area contributed by atoms with Crippen molar-refractivity contribution in [3.63, 3.8) is 0 Å². The summed E-state index contributed by atoms with van der Waals surface area (Å²) in [7, 11) is 1.65. The Morgan fingerprint density at radius 1 is 1.16 bits per heavy atom. The molecule has 0 aromatic heterocycles. The molecule has 2 nitrogen and oxygen atoms in total. The number of rotatable bonds is 5. The third-order valence-corrected chi connectivity index (χ3v) is 4.31. The van der Waals surface area contributed by atoms with E-state index >= 15 is 0 Å². The number of benzene rings is 2. The fourth-order valence-electron chi connectivity index (χ4n) is 1.81. The lowest BCUT2D eigenvalue weighted by Gasteiger charge is -2.10. The van der Waals surface area contributed by atoms with E-state index in [0.717, 1.165) is 28.2 Å². The minimum Gasteiger partial charge on any atom is -0.611 e. The van der Waals surface area contributed by atoms with Crippen molar-refractivity contribution in [3.05, 3.63) is 48.5 Å². The van der Waals surface area contributed by atoms with E-state index in [9.17, 15) is 4.55 Å².